The van der Waals surface area contributed by atoms with Gasteiger partial charge in [-0.15, -0.1) is 0 Å². The fourth-order valence-corrected chi connectivity index (χ4v) is 2.12. The number of hydrogen-bond donors (Lipinski definition) is 1. The first-order chi connectivity index (χ1) is 9.69. The van der Waals surface area contributed by atoms with Crippen LogP contribution in [0.5, 0.6) is 11.5 Å². The molecule has 20 heavy (non-hydrogen) atoms. The fourth-order valence-electron chi connectivity index (χ4n) is 1.88. The van der Waals surface area contributed by atoms with Gasteiger partial charge in [0.15, 0.2) is 0 Å². The molecule has 0 bridgehead atoms. The zero-order valence-electron chi connectivity index (χ0n) is 11.9. The van der Waals surface area contributed by atoms with Crippen LogP contribution in [0.3, 0.4) is 0 Å². The molecule has 2 aromatic rings. The molecule has 0 unspecified atom stereocenters. The van der Waals surface area contributed by atoms with E-state index in [0.29, 0.717) is 10.8 Å². The van der Waals surface area contributed by atoms with Gasteiger partial charge < -0.3 is 10.1 Å². The Bertz CT molecular complexity index is 551. The molecule has 2 nitrogen and oxygen atoms in total. The van der Waals surface area contributed by atoms with E-state index in [0.717, 1.165) is 25.3 Å². The van der Waals surface area contributed by atoms with Crippen molar-refractivity contribution in [3.8, 4) is 11.5 Å². The van der Waals surface area contributed by atoms with Crippen LogP contribution < -0.4 is 10.1 Å². The van der Waals surface area contributed by atoms with E-state index in [-0.39, 0.29) is 0 Å². The molecule has 2 rings (SSSR count). The van der Waals surface area contributed by atoms with Crippen LogP contribution in [0.25, 0.3) is 0 Å². The highest BCUT2D eigenvalue weighted by Crippen LogP contribution is 2.30. The molecule has 0 aliphatic rings. The Kier molecular flexibility index (Phi) is 5.45. The van der Waals surface area contributed by atoms with E-state index in [9.17, 15) is 0 Å². The highest BCUT2D eigenvalue weighted by Gasteiger charge is 2.04. The lowest BCUT2D eigenvalue weighted by Gasteiger charge is -2.10. The Labute approximate surface area is 125 Å². The Hall–Kier alpha value is -1.51. The number of rotatable bonds is 6. The predicted molar refractivity (Wildman–Crippen MR) is 84.7 cm³/mol. The Morgan fingerprint density at radius 2 is 1.85 bits per heavy atom. The van der Waals surface area contributed by atoms with Crippen LogP contribution in [0, 0.1) is 6.92 Å². The fraction of sp³-hybridized carbons (Fsp3) is 0.294. The van der Waals surface area contributed by atoms with Crippen molar-refractivity contribution in [2.75, 3.05) is 6.54 Å². The molecular weight excluding hydrogens is 270 g/mol. The summed E-state index contributed by atoms with van der Waals surface area (Å²) in [5.74, 6) is 1.49. The van der Waals surface area contributed by atoms with E-state index >= 15 is 0 Å². The number of benzene rings is 2. The van der Waals surface area contributed by atoms with Gasteiger partial charge in [-0.2, -0.15) is 0 Å². The van der Waals surface area contributed by atoms with Crippen molar-refractivity contribution in [3.63, 3.8) is 0 Å². The van der Waals surface area contributed by atoms with E-state index in [1.54, 1.807) is 0 Å². The third-order valence-electron chi connectivity index (χ3n) is 3.00. The molecule has 1 N–H and O–H groups in total. The molecule has 2 aromatic carbocycles. The third-order valence-corrected chi connectivity index (χ3v) is 3.30. The van der Waals surface area contributed by atoms with Crippen LogP contribution in [0.4, 0.5) is 0 Å². The summed E-state index contributed by atoms with van der Waals surface area (Å²) in [5.41, 5.74) is 2.38. The van der Waals surface area contributed by atoms with Crippen molar-refractivity contribution in [2.24, 2.45) is 0 Å². The first-order valence-electron chi connectivity index (χ1n) is 6.92. The van der Waals surface area contributed by atoms with Crippen molar-refractivity contribution in [1.29, 1.82) is 0 Å². The first kappa shape index (κ1) is 14.9. The summed E-state index contributed by atoms with van der Waals surface area (Å²) in [4.78, 5) is 0. The predicted octanol–water partition coefficient (Wildman–Crippen LogP) is 4.94. The summed E-state index contributed by atoms with van der Waals surface area (Å²) in [6, 6.07) is 13.8. The summed E-state index contributed by atoms with van der Waals surface area (Å²) >= 11 is 6.27. The number of ether oxygens (including phenoxy) is 1. The summed E-state index contributed by atoms with van der Waals surface area (Å²) in [6.45, 7) is 6.05. The van der Waals surface area contributed by atoms with Crippen molar-refractivity contribution in [3.05, 3.63) is 58.6 Å². The summed E-state index contributed by atoms with van der Waals surface area (Å²) in [5, 5.41) is 3.99. The van der Waals surface area contributed by atoms with Crippen molar-refractivity contribution in [2.45, 2.75) is 26.8 Å². The van der Waals surface area contributed by atoms with E-state index < -0.39 is 0 Å². The van der Waals surface area contributed by atoms with Gasteiger partial charge in [-0.1, -0.05) is 42.3 Å². The van der Waals surface area contributed by atoms with Crippen LogP contribution in [-0.2, 0) is 6.54 Å². The van der Waals surface area contributed by atoms with Gasteiger partial charge in [0.2, 0.25) is 0 Å². The molecule has 0 fully saturated rings. The molecule has 0 saturated heterocycles. The lowest BCUT2D eigenvalue weighted by molar-refractivity contribution is 0.482. The Morgan fingerprint density at radius 3 is 2.50 bits per heavy atom. The maximum Gasteiger partial charge on any atom is 0.146 e. The van der Waals surface area contributed by atoms with Gasteiger partial charge in [-0.05, 0) is 49.7 Å². The number of halogens is 1. The van der Waals surface area contributed by atoms with E-state index in [1.165, 1.54) is 11.1 Å². The molecular formula is C17H20ClNO. The maximum atomic E-state index is 6.27. The number of nitrogens with one attached hydrogen (secondary N) is 1. The molecule has 106 valence electrons. The molecule has 0 heterocycles. The van der Waals surface area contributed by atoms with Crippen molar-refractivity contribution in [1.82, 2.24) is 5.32 Å². The molecule has 0 aromatic heterocycles. The zero-order valence-corrected chi connectivity index (χ0v) is 12.7. The Balaban J connectivity index is 2.03. The third kappa shape index (κ3) is 4.26. The van der Waals surface area contributed by atoms with Crippen LogP contribution >= 0.6 is 11.6 Å². The highest BCUT2D eigenvalue weighted by molar-refractivity contribution is 6.32. The summed E-state index contributed by atoms with van der Waals surface area (Å²) < 4.78 is 5.79. The minimum absolute atomic E-state index is 0.640. The molecule has 3 heteroatoms. The zero-order chi connectivity index (χ0) is 14.4. The second-order valence-corrected chi connectivity index (χ2v) is 5.26. The first-order valence-corrected chi connectivity index (χ1v) is 7.30. The number of hydrogen-bond acceptors (Lipinski definition) is 2. The van der Waals surface area contributed by atoms with E-state index in [2.05, 4.69) is 19.2 Å². The minimum atomic E-state index is 0.640. The molecule has 0 amide bonds. The van der Waals surface area contributed by atoms with Gasteiger partial charge in [-0.25, -0.2) is 0 Å². The van der Waals surface area contributed by atoms with Crippen LogP contribution in [-0.4, -0.2) is 6.54 Å². The lowest BCUT2D eigenvalue weighted by atomic mass is 10.2. The van der Waals surface area contributed by atoms with Gasteiger partial charge >= 0.3 is 0 Å². The van der Waals surface area contributed by atoms with Crippen LogP contribution in [0.1, 0.15) is 24.5 Å². The lowest BCUT2D eigenvalue weighted by Crippen LogP contribution is -2.13. The van der Waals surface area contributed by atoms with Gasteiger partial charge in [0.1, 0.15) is 11.5 Å². The average Bonchev–Trinajstić information content (AvgIpc) is 2.44. The molecule has 0 aliphatic heterocycles. The van der Waals surface area contributed by atoms with E-state index in [4.69, 9.17) is 16.3 Å². The maximum absolute atomic E-state index is 6.27. The smallest absolute Gasteiger partial charge is 0.146 e. The van der Waals surface area contributed by atoms with Gasteiger partial charge in [0, 0.05) is 6.54 Å². The summed E-state index contributed by atoms with van der Waals surface area (Å²) in [6.07, 6.45) is 1.13. The van der Waals surface area contributed by atoms with Crippen molar-refractivity contribution < 1.29 is 4.74 Å². The summed E-state index contributed by atoms with van der Waals surface area (Å²) in [7, 11) is 0. The molecule has 0 saturated carbocycles. The largest absolute Gasteiger partial charge is 0.456 e. The molecule has 0 aliphatic carbocycles. The second-order valence-electron chi connectivity index (χ2n) is 4.86. The van der Waals surface area contributed by atoms with Gasteiger partial charge in [0.05, 0.1) is 5.02 Å². The SMILES string of the molecule is CCCNCc1ccc(Oc2ccc(C)cc2)c(Cl)c1. The van der Waals surface area contributed by atoms with Gasteiger partial charge in [-0.3, -0.25) is 0 Å². The van der Waals surface area contributed by atoms with Crippen LogP contribution in [0.2, 0.25) is 5.02 Å². The Morgan fingerprint density at radius 1 is 1.10 bits per heavy atom. The quantitative estimate of drug-likeness (QED) is 0.761. The van der Waals surface area contributed by atoms with Crippen LogP contribution in [0.15, 0.2) is 42.5 Å². The molecule has 0 spiro atoms. The monoisotopic (exact) mass is 289 g/mol. The highest BCUT2D eigenvalue weighted by atomic mass is 35.5. The van der Waals surface area contributed by atoms with E-state index in [1.807, 2.05) is 42.5 Å². The molecule has 0 atom stereocenters. The topological polar surface area (TPSA) is 21.3 Å². The van der Waals surface area contributed by atoms with Crippen molar-refractivity contribution >= 4 is 11.6 Å². The minimum Gasteiger partial charge on any atom is -0.456 e. The number of aryl methyl sites for hydroxylation is 1. The molecule has 0 radical (unpaired) electrons. The standard InChI is InChI=1S/C17H20ClNO/c1-3-10-19-12-14-6-9-17(16(18)11-14)20-15-7-4-13(2)5-8-15/h4-9,11,19H,3,10,12H2,1-2H3. The average molecular weight is 290 g/mol. The second kappa shape index (κ2) is 7.32. The normalized spacial score (nSPS) is 10.6. The van der Waals surface area contributed by atoms with Gasteiger partial charge in [0.25, 0.3) is 0 Å².